The van der Waals surface area contributed by atoms with Gasteiger partial charge in [-0.3, -0.25) is 4.79 Å². The number of aromatic nitrogens is 1. The lowest BCUT2D eigenvalue weighted by atomic mass is 10.1. The van der Waals surface area contributed by atoms with E-state index in [1.165, 1.54) is 22.2 Å². The van der Waals surface area contributed by atoms with Gasteiger partial charge in [0, 0.05) is 36.7 Å². The van der Waals surface area contributed by atoms with Gasteiger partial charge in [-0.05, 0) is 31.5 Å². The number of hydrogen-bond acceptors (Lipinski definition) is 2. The number of aromatic amines is 1. The van der Waals surface area contributed by atoms with Crippen LogP contribution in [0, 0.1) is 6.92 Å². The van der Waals surface area contributed by atoms with Gasteiger partial charge in [0.05, 0.1) is 0 Å². The van der Waals surface area contributed by atoms with Gasteiger partial charge < -0.3 is 15.2 Å². The zero-order chi connectivity index (χ0) is 13.7. The molecule has 4 nitrogen and oxygen atoms in total. The van der Waals surface area contributed by atoms with Crippen LogP contribution in [0.2, 0.25) is 0 Å². The number of nitrogens with one attached hydrogen (secondary N) is 2. The summed E-state index contributed by atoms with van der Waals surface area (Å²) < 4.78 is 0. The van der Waals surface area contributed by atoms with Gasteiger partial charge in [-0.25, -0.2) is 0 Å². The summed E-state index contributed by atoms with van der Waals surface area (Å²) in [5.74, 6) is 0. The highest BCUT2D eigenvalue weighted by Crippen LogP contribution is 2.21. The highest BCUT2D eigenvalue weighted by molar-refractivity contribution is 5.84. The maximum absolute atomic E-state index is 10.4. The van der Waals surface area contributed by atoms with Crippen molar-refractivity contribution in [3.63, 3.8) is 0 Å². The predicted octanol–water partition coefficient (Wildman–Crippen LogP) is 1.70. The highest BCUT2D eigenvalue weighted by Gasteiger charge is 2.06. The molecule has 0 radical (unpaired) electrons. The first-order chi connectivity index (χ1) is 9.22. The average Bonchev–Trinajstić information content (AvgIpc) is 2.74. The maximum atomic E-state index is 10.4. The van der Waals surface area contributed by atoms with Crippen molar-refractivity contribution in [3.05, 3.63) is 35.5 Å². The molecule has 2 aromatic rings. The quantitative estimate of drug-likeness (QED) is 0.587. The maximum Gasteiger partial charge on any atom is 0.209 e. The first-order valence-electron chi connectivity index (χ1n) is 6.65. The molecule has 4 heteroatoms. The summed E-state index contributed by atoms with van der Waals surface area (Å²) in [6.45, 7) is 4.62. The Kier molecular flexibility index (Phi) is 4.58. The van der Waals surface area contributed by atoms with E-state index in [-0.39, 0.29) is 0 Å². The number of benzene rings is 1. The fraction of sp³-hybridized carbons (Fsp3) is 0.400. The molecule has 1 aromatic carbocycles. The topological polar surface area (TPSA) is 48.1 Å². The zero-order valence-corrected chi connectivity index (χ0v) is 11.6. The van der Waals surface area contributed by atoms with Crippen molar-refractivity contribution in [2.45, 2.75) is 13.3 Å². The number of likely N-dealkylation sites (N-methyl/N-ethyl adjacent to an activating group) is 1. The molecular weight excluding hydrogens is 238 g/mol. The fourth-order valence-corrected chi connectivity index (χ4v) is 2.30. The van der Waals surface area contributed by atoms with E-state index in [1.807, 2.05) is 0 Å². The van der Waals surface area contributed by atoms with Gasteiger partial charge in [-0.15, -0.1) is 0 Å². The third-order valence-corrected chi connectivity index (χ3v) is 3.40. The smallest absolute Gasteiger partial charge is 0.209 e. The van der Waals surface area contributed by atoms with Crippen LogP contribution in [0.25, 0.3) is 10.9 Å². The normalized spacial score (nSPS) is 10.8. The fourth-order valence-electron chi connectivity index (χ4n) is 2.30. The highest BCUT2D eigenvalue weighted by atomic mass is 16.1. The van der Waals surface area contributed by atoms with Crippen LogP contribution in [0.3, 0.4) is 0 Å². The summed E-state index contributed by atoms with van der Waals surface area (Å²) in [5, 5.41) is 4.68. The van der Waals surface area contributed by atoms with Crippen LogP contribution in [-0.4, -0.2) is 43.0 Å². The minimum Gasteiger partial charge on any atom is -0.358 e. The van der Waals surface area contributed by atoms with Gasteiger partial charge in [-0.2, -0.15) is 0 Å². The van der Waals surface area contributed by atoms with E-state index in [0.29, 0.717) is 0 Å². The molecular formula is C15H21N3O. The number of amides is 1. The van der Waals surface area contributed by atoms with Crippen molar-refractivity contribution in [3.8, 4) is 0 Å². The zero-order valence-electron chi connectivity index (χ0n) is 11.6. The molecule has 0 saturated heterocycles. The molecule has 0 spiro atoms. The average molecular weight is 259 g/mol. The molecule has 19 heavy (non-hydrogen) atoms. The Hall–Kier alpha value is -1.81. The molecule has 1 heterocycles. The third kappa shape index (κ3) is 3.35. The van der Waals surface area contributed by atoms with E-state index < -0.39 is 0 Å². The minimum atomic E-state index is 0.746. The minimum absolute atomic E-state index is 0.746. The van der Waals surface area contributed by atoms with Crippen LogP contribution >= 0.6 is 0 Å². The summed E-state index contributed by atoms with van der Waals surface area (Å²) in [4.78, 5) is 15.5. The monoisotopic (exact) mass is 259 g/mol. The molecule has 0 unspecified atom stereocenters. The van der Waals surface area contributed by atoms with Crippen molar-refractivity contribution < 1.29 is 4.79 Å². The number of rotatable bonds is 7. The van der Waals surface area contributed by atoms with E-state index >= 15 is 0 Å². The number of H-pyrrole nitrogens is 1. The predicted molar refractivity (Wildman–Crippen MR) is 78.3 cm³/mol. The second-order valence-electron chi connectivity index (χ2n) is 4.86. The van der Waals surface area contributed by atoms with Crippen LogP contribution in [0.1, 0.15) is 11.3 Å². The summed E-state index contributed by atoms with van der Waals surface area (Å²) in [7, 11) is 1.79. The molecule has 0 atom stereocenters. The van der Waals surface area contributed by atoms with Gasteiger partial charge >= 0.3 is 0 Å². The molecule has 2 N–H and O–H groups in total. The van der Waals surface area contributed by atoms with Crippen LogP contribution in [0.15, 0.2) is 24.3 Å². The number of nitrogens with zero attached hydrogens (tertiary/aromatic N) is 1. The number of hydrogen-bond donors (Lipinski definition) is 2. The molecule has 0 aliphatic rings. The molecule has 0 fully saturated rings. The van der Waals surface area contributed by atoms with E-state index in [0.717, 1.165) is 32.5 Å². The Labute approximate surface area is 113 Å². The first-order valence-corrected chi connectivity index (χ1v) is 6.65. The SMILES string of the molecule is Cc1[nH]c2ccccc2c1CCNCCN(C)C=O. The van der Waals surface area contributed by atoms with Crippen LogP contribution in [0.4, 0.5) is 0 Å². The number of aryl methyl sites for hydroxylation is 1. The second kappa shape index (κ2) is 6.38. The van der Waals surface area contributed by atoms with E-state index in [4.69, 9.17) is 0 Å². The Morgan fingerprint density at radius 1 is 1.32 bits per heavy atom. The third-order valence-electron chi connectivity index (χ3n) is 3.40. The Balaban J connectivity index is 1.88. The number of para-hydroxylation sites is 1. The van der Waals surface area contributed by atoms with Crippen LogP contribution in [0.5, 0.6) is 0 Å². The van der Waals surface area contributed by atoms with Crippen molar-refractivity contribution in [2.75, 3.05) is 26.7 Å². The molecule has 0 saturated carbocycles. The Morgan fingerprint density at radius 2 is 2.11 bits per heavy atom. The lowest BCUT2D eigenvalue weighted by molar-refractivity contribution is -0.116. The Bertz CT molecular complexity index is 547. The van der Waals surface area contributed by atoms with Gasteiger partial charge in [0.1, 0.15) is 0 Å². The molecule has 2 rings (SSSR count). The largest absolute Gasteiger partial charge is 0.358 e. The summed E-state index contributed by atoms with van der Waals surface area (Å²) in [5.41, 5.74) is 3.83. The van der Waals surface area contributed by atoms with Crippen molar-refractivity contribution in [1.82, 2.24) is 15.2 Å². The molecule has 0 aliphatic carbocycles. The van der Waals surface area contributed by atoms with E-state index in [1.54, 1.807) is 11.9 Å². The molecule has 1 aromatic heterocycles. The summed E-state index contributed by atoms with van der Waals surface area (Å²) >= 11 is 0. The molecule has 0 aliphatic heterocycles. The standard InChI is InChI=1S/C15H21N3O/c1-12-13(7-8-16-9-10-18(2)11-19)14-5-3-4-6-15(14)17-12/h3-6,11,16-17H,7-10H2,1-2H3. The van der Waals surface area contributed by atoms with Crippen molar-refractivity contribution in [2.24, 2.45) is 0 Å². The molecule has 1 amide bonds. The molecule has 0 bridgehead atoms. The lowest BCUT2D eigenvalue weighted by Gasteiger charge is -2.11. The van der Waals surface area contributed by atoms with Gasteiger partial charge in [0.25, 0.3) is 0 Å². The van der Waals surface area contributed by atoms with Crippen LogP contribution < -0.4 is 5.32 Å². The summed E-state index contributed by atoms with van der Waals surface area (Å²) in [6, 6.07) is 8.40. The van der Waals surface area contributed by atoms with E-state index in [9.17, 15) is 4.79 Å². The van der Waals surface area contributed by atoms with Crippen molar-refractivity contribution in [1.29, 1.82) is 0 Å². The summed E-state index contributed by atoms with van der Waals surface area (Å²) in [6.07, 6.45) is 1.85. The van der Waals surface area contributed by atoms with Gasteiger partial charge in [0.15, 0.2) is 0 Å². The Morgan fingerprint density at radius 3 is 2.89 bits per heavy atom. The number of fused-ring (bicyclic) bond motifs is 1. The van der Waals surface area contributed by atoms with E-state index in [2.05, 4.69) is 41.5 Å². The number of carbonyl (C=O) groups excluding carboxylic acids is 1. The van der Waals surface area contributed by atoms with Crippen molar-refractivity contribution >= 4 is 17.3 Å². The number of carbonyl (C=O) groups is 1. The molecule has 102 valence electrons. The van der Waals surface area contributed by atoms with Crippen LogP contribution in [-0.2, 0) is 11.2 Å². The van der Waals surface area contributed by atoms with Gasteiger partial charge in [0.2, 0.25) is 6.41 Å². The van der Waals surface area contributed by atoms with Gasteiger partial charge in [-0.1, -0.05) is 18.2 Å². The second-order valence-corrected chi connectivity index (χ2v) is 4.86. The first kappa shape index (κ1) is 13.6. The lowest BCUT2D eigenvalue weighted by Crippen LogP contribution is -2.29.